The molecule has 0 fully saturated rings. The number of phenols is 1. The Bertz CT molecular complexity index is 778. The number of aromatic hydroxyl groups is 1. The molecular formula is C17H16BrNO2. The van der Waals surface area contributed by atoms with Gasteiger partial charge in [-0.1, -0.05) is 30.3 Å². The molecule has 108 valence electrons. The van der Waals surface area contributed by atoms with E-state index in [1.807, 2.05) is 49.3 Å². The van der Waals surface area contributed by atoms with Crippen LogP contribution in [0.25, 0.3) is 22.1 Å². The molecule has 21 heavy (non-hydrogen) atoms. The molecule has 3 rings (SSSR count). The monoisotopic (exact) mass is 345 g/mol. The van der Waals surface area contributed by atoms with Gasteiger partial charge in [-0.2, -0.15) is 0 Å². The Labute approximate surface area is 131 Å². The zero-order valence-electron chi connectivity index (χ0n) is 11.9. The zero-order valence-corrected chi connectivity index (χ0v) is 13.5. The van der Waals surface area contributed by atoms with Crippen molar-refractivity contribution in [2.24, 2.45) is 0 Å². The molecular weight excluding hydrogens is 330 g/mol. The third kappa shape index (κ3) is 2.57. The lowest BCUT2D eigenvalue weighted by molar-refractivity contribution is 0.388. The van der Waals surface area contributed by atoms with Gasteiger partial charge in [0.15, 0.2) is 4.67 Å². The molecule has 3 nitrogen and oxygen atoms in total. The van der Waals surface area contributed by atoms with Gasteiger partial charge in [-0.15, -0.1) is 0 Å². The first-order valence-corrected chi connectivity index (χ1v) is 7.50. The van der Waals surface area contributed by atoms with Gasteiger partial charge in [0.2, 0.25) is 0 Å². The van der Waals surface area contributed by atoms with E-state index in [2.05, 4.69) is 15.9 Å². The van der Waals surface area contributed by atoms with Crippen LogP contribution in [0.4, 0.5) is 0 Å². The molecule has 4 heteroatoms. The average molecular weight is 346 g/mol. The fraction of sp³-hybridized carbons (Fsp3) is 0.176. The number of phenolic OH excluding ortho intramolecular Hbond substituents is 1. The number of hydrogen-bond acceptors (Lipinski definition) is 3. The number of furan rings is 1. The number of nitrogens with zero attached hydrogens (tertiary/aromatic N) is 1. The predicted octanol–water partition coefficient (Wildman–Crippen LogP) is 4.63. The normalized spacial score (nSPS) is 11.4. The van der Waals surface area contributed by atoms with Crippen molar-refractivity contribution in [1.29, 1.82) is 0 Å². The first-order valence-electron chi connectivity index (χ1n) is 6.71. The lowest BCUT2D eigenvalue weighted by Crippen LogP contribution is -2.11. The van der Waals surface area contributed by atoms with Crippen LogP contribution in [0.3, 0.4) is 0 Å². The molecule has 1 N–H and O–H groups in total. The van der Waals surface area contributed by atoms with Crippen LogP contribution in [0.5, 0.6) is 5.75 Å². The van der Waals surface area contributed by atoms with E-state index >= 15 is 0 Å². The Kier molecular flexibility index (Phi) is 3.74. The molecule has 1 heterocycles. The highest BCUT2D eigenvalue weighted by molar-refractivity contribution is 9.10. The molecule has 2 aromatic carbocycles. The van der Waals surface area contributed by atoms with Gasteiger partial charge in [-0.05, 0) is 47.7 Å². The fourth-order valence-corrected chi connectivity index (χ4v) is 3.16. The smallest absolute Gasteiger partial charge is 0.178 e. The van der Waals surface area contributed by atoms with Crippen LogP contribution >= 0.6 is 15.9 Å². The maximum atomic E-state index is 10.3. The molecule has 0 spiro atoms. The second kappa shape index (κ2) is 5.54. The van der Waals surface area contributed by atoms with E-state index in [9.17, 15) is 5.11 Å². The van der Waals surface area contributed by atoms with Crippen LogP contribution in [0.1, 0.15) is 5.56 Å². The van der Waals surface area contributed by atoms with Crippen LogP contribution < -0.4 is 0 Å². The quantitative estimate of drug-likeness (QED) is 0.751. The molecule has 0 radical (unpaired) electrons. The lowest BCUT2D eigenvalue weighted by atomic mass is 10.00. The van der Waals surface area contributed by atoms with Gasteiger partial charge in [-0.25, -0.2) is 0 Å². The van der Waals surface area contributed by atoms with Gasteiger partial charge in [0.05, 0.1) is 0 Å². The Morgan fingerprint density at radius 3 is 2.48 bits per heavy atom. The van der Waals surface area contributed by atoms with Crippen molar-refractivity contribution in [2.45, 2.75) is 6.54 Å². The maximum Gasteiger partial charge on any atom is 0.178 e. The van der Waals surface area contributed by atoms with E-state index in [0.29, 0.717) is 17.0 Å². The molecule has 1 aromatic heterocycles. The van der Waals surface area contributed by atoms with Gasteiger partial charge >= 0.3 is 0 Å². The van der Waals surface area contributed by atoms with Crippen molar-refractivity contribution in [1.82, 2.24) is 4.90 Å². The molecule has 0 bridgehead atoms. The molecule has 0 amide bonds. The standard InChI is InChI=1S/C17H16BrNO2/c1-19(2)10-12-13(20)8-9-14-16(12)15(17(18)21-14)11-6-4-3-5-7-11/h3-9,20H,10H2,1-2H3. The fourth-order valence-electron chi connectivity index (χ4n) is 2.56. The van der Waals surface area contributed by atoms with Crippen LogP contribution in [0.15, 0.2) is 51.6 Å². The summed E-state index contributed by atoms with van der Waals surface area (Å²) in [6, 6.07) is 13.5. The number of halogens is 1. The largest absolute Gasteiger partial charge is 0.508 e. The topological polar surface area (TPSA) is 36.6 Å². The minimum atomic E-state index is 0.293. The Morgan fingerprint density at radius 2 is 1.81 bits per heavy atom. The molecule has 0 atom stereocenters. The van der Waals surface area contributed by atoms with Crippen molar-refractivity contribution in [2.75, 3.05) is 14.1 Å². The summed E-state index contributed by atoms with van der Waals surface area (Å²) in [4.78, 5) is 2.03. The van der Waals surface area contributed by atoms with E-state index in [4.69, 9.17) is 4.42 Å². The highest BCUT2D eigenvalue weighted by atomic mass is 79.9. The number of rotatable bonds is 3. The zero-order chi connectivity index (χ0) is 15.0. The van der Waals surface area contributed by atoms with Crippen LogP contribution in [0.2, 0.25) is 0 Å². The average Bonchev–Trinajstić information content (AvgIpc) is 2.79. The second-order valence-electron chi connectivity index (χ2n) is 5.29. The van der Waals surface area contributed by atoms with Gasteiger partial charge in [-0.3, -0.25) is 0 Å². The molecule has 0 aliphatic carbocycles. The maximum absolute atomic E-state index is 10.3. The molecule has 0 aliphatic rings. The lowest BCUT2D eigenvalue weighted by Gasteiger charge is -2.13. The first-order chi connectivity index (χ1) is 10.1. The highest BCUT2D eigenvalue weighted by Crippen LogP contribution is 2.42. The number of benzene rings is 2. The van der Waals surface area contributed by atoms with E-state index in [0.717, 1.165) is 27.7 Å². The summed E-state index contributed by atoms with van der Waals surface area (Å²) in [7, 11) is 3.96. The van der Waals surface area contributed by atoms with Crippen molar-refractivity contribution >= 4 is 26.9 Å². The Balaban J connectivity index is 2.34. The van der Waals surface area contributed by atoms with Crippen molar-refractivity contribution < 1.29 is 9.52 Å². The Hall–Kier alpha value is -1.78. The van der Waals surface area contributed by atoms with Crippen LogP contribution in [-0.4, -0.2) is 24.1 Å². The Morgan fingerprint density at radius 1 is 1.10 bits per heavy atom. The summed E-state index contributed by atoms with van der Waals surface area (Å²) in [6.07, 6.45) is 0. The SMILES string of the molecule is CN(C)Cc1c(O)ccc2oc(Br)c(-c3ccccc3)c12. The minimum Gasteiger partial charge on any atom is -0.508 e. The van der Waals surface area contributed by atoms with Gasteiger partial charge in [0.25, 0.3) is 0 Å². The first kappa shape index (κ1) is 14.2. The molecule has 0 saturated heterocycles. The number of fused-ring (bicyclic) bond motifs is 1. The van der Waals surface area contributed by atoms with Gasteiger partial charge in [0.1, 0.15) is 11.3 Å². The van der Waals surface area contributed by atoms with Gasteiger partial charge < -0.3 is 14.4 Å². The summed E-state index contributed by atoms with van der Waals surface area (Å²) >= 11 is 3.51. The highest BCUT2D eigenvalue weighted by Gasteiger charge is 2.19. The summed E-state index contributed by atoms with van der Waals surface area (Å²) in [5, 5.41) is 11.2. The third-order valence-corrected chi connectivity index (χ3v) is 3.99. The summed E-state index contributed by atoms with van der Waals surface area (Å²) in [5.74, 6) is 0.293. The van der Waals surface area contributed by atoms with E-state index in [1.165, 1.54) is 0 Å². The van der Waals surface area contributed by atoms with Gasteiger partial charge in [0, 0.05) is 23.1 Å². The second-order valence-corrected chi connectivity index (χ2v) is 6.01. The van der Waals surface area contributed by atoms with E-state index in [1.54, 1.807) is 12.1 Å². The molecule has 0 saturated carbocycles. The summed E-state index contributed by atoms with van der Waals surface area (Å²) in [5.41, 5.74) is 3.70. The third-order valence-electron chi connectivity index (χ3n) is 3.43. The van der Waals surface area contributed by atoms with E-state index in [-0.39, 0.29) is 0 Å². The minimum absolute atomic E-state index is 0.293. The molecule has 0 unspecified atom stereocenters. The molecule has 0 aliphatic heterocycles. The van der Waals surface area contributed by atoms with Crippen molar-refractivity contribution in [3.8, 4) is 16.9 Å². The van der Waals surface area contributed by atoms with E-state index < -0.39 is 0 Å². The molecule has 3 aromatic rings. The van der Waals surface area contributed by atoms with Crippen LogP contribution in [-0.2, 0) is 6.54 Å². The summed E-state index contributed by atoms with van der Waals surface area (Å²) in [6.45, 7) is 0.648. The van der Waals surface area contributed by atoms with Crippen molar-refractivity contribution in [3.63, 3.8) is 0 Å². The van der Waals surface area contributed by atoms with Crippen LogP contribution in [0, 0.1) is 0 Å². The van der Waals surface area contributed by atoms with Crippen molar-refractivity contribution in [3.05, 3.63) is 52.7 Å². The predicted molar refractivity (Wildman–Crippen MR) is 88.4 cm³/mol. The summed E-state index contributed by atoms with van der Waals surface area (Å²) < 4.78 is 6.51. The number of hydrogen-bond donors (Lipinski definition) is 1.